The summed E-state index contributed by atoms with van der Waals surface area (Å²) in [6.07, 6.45) is 0.198. The molecule has 1 aliphatic heterocycles. The molecule has 136 valence electrons. The lowest BCUT2D eigenvalue weighted by Crippen LogP contribution is -2.45. The van der Waals surface area contributed by atoms with Crippen LogP contribution in [0.25, 0.3) is 11.2 Å². The second kappa shape index (κ2) is 6.57. The predicted molar refractivity (Wildman–Crippen MR) is 91.6 cm³/mol. The maximum atomic E-state index is 12.3. The fourth-order valence-electron chi connectivity index (χ4n) is 3.41. The SMILES string of the molecule is CC(=O)Cn1c(CN2CC(C)OC(C)C2)nc2c1c(=O)[nH]c(=O)n2C. The summed E-state index contributed by atoms with van der Waals surface area (Å²) in [6.45, 7) is 7.48. The largest absolute Gasteiger partial charge is 0.373 e. The molecule has 2 aromatic rings. The topological polar surface area (TPSA) is 102 Å². The Bertz CT molecular complexity index is 915. The van der Waals surface area contributed by atoms with Crippen molar-refractivity contribution in [3.05, 3.63) is 26.7 Å². The lowest BCUT2D eigenvalue weighted by molar-refractivity contribution is -0.117. The molecule has 2 atom stereocenters. The van der Waals surface area contributed by atoms with Crippen molar-refractivity contribution in [2.75, 3.05) is 13.1 Å². The highest BCUT2D eigenvalue weighted by molar-refractivity contribution is 5.79. The minimum Gasteiger partial charge on any atom is -0.373 e. The number of aryl methyl sites for hydroxylation is 1. The monoisotopic (exact) mass is 349 g/mol. The molecule has 1 aliphatic rings. The molecule has 2 unspecified atom stereocenters. The van der Waals surface area contributed by atoms with Gasteiger partial charge in [-0.3, -0.25) is 24.0 Å². The number of ether oxygens (including phenoxy) is 1. The van der Waals surface area contributed by atoms with Gasteiger partial charge in [-0.2, -0.15) is 0 Å². The number of H-pyrrole nitrogens is 1. The first-order valence-corrected chi connectivity index (χ1v) is 8.32. The van der Waals surface area contributed by atoms with Gasteiger partial charge in [-0.25, -0.2) is 9.78 Å². The molecule has 9 nitrogen and oxygen atoms in total. The highest BCUT2D eigenvalue weighted by Gasteiger charge is 2.25. The number of carbonyl (C=O) groups is 1. The normalized spacial score (nSPS) is 21.8. The molecule has 25 heavy (non-hydrogen) atoms. The summed E-state index contributed by atoms with van der Waals surface area (Å²) < 4.78 is 8.64. The molecule has 0 amide bonds. The minimum absolute atomic E-state index is 0.0442. The summed E-state index contributed by atoms with van der Waals surface area (Å²) in [5.41, 5.74) is -0.507. The Morgan fingerprint density at radius 2 is 1.92 bits per heavy atom. The van der Waals surface area contributed by atoms with Crippen LogP contribution in [-0.2, 0) is 29.7 Å². The molecule has 1 saturated heterocycles. The van der Waals surface area contributed by atoms with E-state index in [-0.39, 0.29) is 30.1 Å². The maximum Gasteiger partial charge on any atom is 0.329 e. The van der Waals surface area contributed by atoms with E-state index in [4.69, 9.17) is 4.74 Å². The van der Waals surface area contributed by atoms with Crippen molar-refractivity contribution in [3.63, 3.8) is 0 Å². The predicted octanol–water partition coefficient (Wildman–Crippen LogP) is -0.378. The fraction of sp³-hybridized carbons (Fsp3) is 0.625. The van der Waals surface area contributed by atoms with E-state index < -0.39 is 11.2 Å². The Kier molecular flexibility index (Phi) is 4.61. The van der Waals surface area contributed by atoms with Crippen LogP contribution in [0.2, 0.25) is 0 Å². The number of morpholine rings is 1. The molecule has 9 heteroatoms. The molecule has 0 aliphatic carbocycles. The highest BCUT2D eigenvalue weighted by atomic mass is 16.5. The zero-order valence-corrected chi connectivity index (χ0v) is 14.9. The Balaban J connectivity index is 2.09. The number of aromatic nitrogens is 4. The molecular weight excluding hydrogens is 326 g/mol. The van der Waals surface area contributed by atoms with Crippen molar-refractivity contribution >= 4 is 16.9 Å². The number of ketones is 1. The van der Waals surface area contributed by atoms with Crippen LogP contribution >= 0.6 is 0 Å². The number of aromatic amines is 1. The van der Waals surface area contributed by atoms with Crippen LogP contribution in [0.3, 0.4) is 0 Å². The van der Waals surface area contributed by atoms with Crippen molar-refractivity contribution in [1.82, 2.24) is 24.0 Å². The van der Waals surface area contributed by atoms with E-state index in [9.17, 15) is 14.4 Å². The average molecular weight is 349 g/mol. The number of nitrogens with zero attached hydrogens (tertiary/aromatic N) is 4. The van der Waals surface area contributed by atoms with Gasteiger partial charge in [-0.05, 0) is 20.8 Å². The van der Waals surface area contributed by atoms with Crippen molar-refractivity contribution in [2.24, 2.45) is 7.05 Å². The van der Waals surface area contributed by atoms with E-state index in [1.165, 1.54) is 11.5 Å². The van der Waals surface area contributed by atoms with Crippen LogP contribution in [0, 0.1) is 0 Å². The molecule has 2 aromatic heterocycles. The molecule has 1 N–H and O–H groups in total. The second-order valence-electron chi connectivity index (χ2n) is 6.76. The molecule has 0 bridgehead atoms. The van der Waals surface area contributed by atoms with Crippen molar-refractivity contribution in [3.8, 4) is 0 Å². The van der Waals surface area contributed by atoms with Crippen LogP contribution in [0.15, 0.2) is 9.59 Å². The van der Waals surface area contributed by atoms with Gasteiger partial charge in [0, 0.05) is 20.1 Å². The molecule has 0 spiro atoms. The number of hydrogen-bond acceptors (Lipinski definition) is 6. The number of fused-ring (bicyclic) bond motifs is 1. The third-order valence-corrected chi connectivity index (χ3v) is 4.33. The molecule has 0 aromatic carbocycles. The maximum absolute atomic E-state index is 12.3. The lowest BCUT2D eigenvalue weighted by Gasteiger charge is -2.35. The van der Waals surface area contributed by atoms with E-state index >= 15 is 0 Å². The van der Waals surface area contributed by atoms with Crippen molar-refractivity contribution < 1.29 is 9.53 Å². The Hall–Kier alpha value is -2.26. The van der Waals surface area contributed by atoms with Gasteiger partial charge in [0.15, 0.2) is 11.2 Å². The van der Waals surface area contributed by atoms with Crippen molar-refractivity contribution in [1.29, 1.82) is 0 Å². The van der Waals surface area contributed by atoms with Crippen LogP contribution in [-0.4, -0.2) is 55.1 Å². The molecule has 0 saturated carbocycles. The van der Waals surface area contributed by atoms with Gasteiger partial charge in [0.25, 0.3) is 5.56 Å². The Morgan fingerprint density at radius 3 is 2.52 bits per heavy atom. The zero-order valence-electron chi connectivity index (χ0n) is 14.9. The third-order valence-electron chi connectivity index (χ3n) is 4.33. The highest BCUT2D eigenvalue weighted by Crippen LogP contribution is 2.17. The van der Waals surface area contributed by atoms with Crippen LogP contribution in [0.4, 0.5) is 0 Å². The second-order valence-corrected chi connectivity index (χ2v) is 6.76. The third kappa shape index (κ3) is 3.42. The zero-order chi connectivity index (χ0) is 18.3. The smallest absolute Gasteiger partial charge is 0.329 e. The summed E-state index contributed by atoms with van der Waals surface area (Å²) in [4.78, 5) is 44.8. The first kappa shape index (κ1) is 17.6. The van der Waals surface area contributed by atoms with E-state index in [1.54, 1.807) is 11.6 Å². The van der Waals surface area contributed by atoms with Crippen molar-refractivity contribution in [2.45, 2.75) is 46.1 Å². The minimum atomic E-state index is -0.526. The van der Waals surface area contributed by atoms with Crippen LogP contribution in [0.1, 0.15) is 26.6 Å². The molecule has 3 rings (SSSR count). The lowest BCUT2D eigenvalue weighted by atomic mass is 10.2. The van der Waals surface area contributed by atoms with E-state index in [0.29, 0.717) is 18.0 Å². The van der Waals surface area contributed by atoms with Gasteiger partial charge in [-0.1, -0.05) is 0 Å². The van der Waals surface area contributed by atoms with E-state index in [2.05, 4.69) is 14.9 Å². The number of hydrogen-bond donors (Lipinski definition) is 1. The quantitative estimate of drug-likeness (QED) is 0.807. The van der Waals surface area contributed by atoms with E-state index in [1.807, 2.05) is 13.8 Å². The van der Waals surface area contributed by atoms with Gasteiger partial charge in [0.05, 0.1) is 25.3 Å². The first-order chi connectivity index (χ1) is 11.8. The average Bonchev–Trinajstić information content (AvgIpc) is 2.82. The van der Waals surface area contributed by atoms with E-state index in [0.717, 1.165) is 13.1 Å². The first-order valence-electron chi connectivity index (χ1n) is 8.32. The summed E-state index contributed by atoms with van der Waals surface area (Å²) in [5, 5.41) is 0. The standard InChI is InChI=1S/C16H23N5O4/c1-9(22)5-21-12(8-20-6-10(2)25-11(3)7-20)17-14-13(21)15(23)18-16(24)19(14)4/h10-11H,5-8H2,1-4H3,(H,18,23,24). The van der Waals surface area contributed by atoms with Gasteiger partial charge in [0.1, 0.15) is 11.6 Å². The number of imidazole rings is 1. The fourth-order valence-corrected chi connectivity index (χ4v) is 3.41. The summed E-state index contributed by atoms with van der Waals surface area (Å²) in [6, 6.07) is 0. The molecule has 3 heterocycles. The Morgan fingerprint density at radius 1 is 1.28 bits per heavy atom. The van der Waals surface area contributed by atoms with Gasteiger partial charge in [-0.15, -0.1) is 0 Å². The summed E-state index contributed by atoms with van der Waals surface area (Å²) in [5.74, 6) is 0.510. The number of carbonyl (C=O) groups excluding carboxylic acids is 1. The number of Topliss-reactive ketones (excluding diaryl/α,β-unsaturated/α-hetero) is 1. The summed E-state index contributed by atoms with van der Waals surface area (Å²) >= 11 is 0. The van der Waals surface area contributed by atoms with Crippen LogP contribution in [0.5, 0.6) is 0 Å². The number of rotatable bonds is 4. The summed E-state index contributed by atoms with van der Waals surface area (Å²) in [7, 11) is 1.55. The van der Waals surface area contributed by atoms with Gasteiger partial charge < -0.3 is 9.30 Å². The Labute approximate surface area is 144 Å². The van der Waals surface area contributed by atoms with Crippen LogP contribution < -0.4 is 11.2 Å². The molecule has 1 fully saturated rings. The van der Waals surface area contributed by atoms with Gasteiger partial charge in [0.2, 0.25) is 0 Å². The van der Waals surface area contributed by atoms with Gasteiger partial charge >= 0.3 is 5.69 Å². The molecule has 0 radical (unpaired) electrons. The number of nitrogens with one attached hydrogen (secondary N) is 1. The molecular formula is C16H23N5O4.